The van der Waals surface area contributed by atoms with E-state index in [0.717, 1.165) is 0 Å². The van der Waals surface area contributed by atoms with Gasteiger partial charge >= 0.3 is 17.7 Å². The third kappa shape index (κ3) is 6.16. The van der Waals surface area contributed by atoms with Crippen molar-refractivity contribution in [2.24, 2.45) is 0 Å². The molecule has 1 aromatic rings. The summed E-state index contributed by atoms with van der Waals surface area (Å²) in [6, 6.07) is 0. The number of aromatic nitrogens is 2. The van der Waals surface area contributed by atoms with Crippen molar-refractivity contribution in [1.29, 1.82) is 0 Å². The quantitative estimate of drug-likeness (QED) is 0.416. The van der Waals surface area contributed by atoms with Gasteiger partial charge in [-0.1, -0.05) is 0 Å². The van der Waals surface area contributed by atoms with Crippen LogP contribution in [0, 0.1) is 10.1 Å². The van der Waals surface area contributed by atoms with Gasteiger partial charge in [-0.05, 0) is 27.7 Å². The zero-order valence-corrected chi connectivity index (χ0v) is 17.0. The van der Waals surface area contributed by atoms with Gasteiger partial charge in [-0.15, -0.1) is 0 Å². The van der Waals surface area contributed by atoms with Crippen LogP contribution in [0.3, 0.4) is 0 Å². The van der Waals surface area contributed by atoms with Crippen LogP contribution in [-0.2, 0) is 14.3 Å². The molecule has 29 heavy (non-hydrogen) atoms. The van der Waals surface area contributed by atoms with Crippen LogP contribution in [0.2, 0.25) is 0 Å². The summed E-state index contributed by atoms with van der Waals surface area (Å²) in [5.41, 5.74) is -0.929. The lowest BCUT2D eigenvalue weighted by Gasteiger charge is -2.35. The molecule has 2 heterocycles. The second-order valence-corrected chi connectivity index (χ2v) is 7.26. The fraction of sp³-hybridized carbons (Fsp3) is 0.647. The van der Waals surface area contributed by atoms with Crippen molar-refractivity contribution < 1.29 is 24.0 Å². The molecule has 1 amide bonds. The van der Waals surface area contributed by atoms with Gasteiger partial charge in [0, 0.05) is 26.2 Å². The highest BCUT2D eigenvalue weighted by atomic mass is 16.6. The molecule has 0 saturated carbocycles. The summed E-state index contributed by atoms with van der Waals surface area (Å²) in [5, 5.41) is 14.3. The maximum absolute atomic E-state index is 12.2. The lowest BCUT2D eigenvalue weighted by Crippen LogP contribution is -2.50. The van der Waals surface area contributed by atoms with Gasteiger partial charge in [0.15, 0.2) is 0 Å². The standard InChI is InChI=1S/C17H26N6O6/c1-5-28-12(24)10-18-14-13(23(26)27)15(20-11-19-14)21-6-8-22(9-7-21)16(25)29-17(2,3)4/h11H,5-10H2,1-4H3,(H,18,19,20). The number of nitro groups is 1. The van der Waals surface area contributed by atoms with E-state index >= 15 is 0 Å². The fourth-order valence-corrected chi connectivity index (χ4v) is 2.69. The zero-order valence-electron chi connectivity index (χ0n) is 17.0. The molecule has 0 radical (unpaired) electrons. The molecule has 1 aromatic heterocycles. The number of ether oxygens (including phenoxy) is 2. The number of hydrogen-bond donors (Lipinski definition) is 1. The van der Waals surface area contributed by atoms with E-state index in [4.69, 9.17) is 9.47 Å². The van der Waals surface area contributed by atoms with Gasteiger partial charge in [-0.2, -0.15) is 0 Å². The van der Waals surface area contributed by atoms with Gasteiger partial charge in [0.25, 0.3) is 0 Å². The molecule has 0 atom stereocenters. The average Bonchev–Trinajstić information content (AvgIpc) is 2.65. The highest BCUT2D eigenvalue weighted by Gasteiger charge is 2.31. The Bertz CT molecular complexity index is 757. The Morgan fingerprint density at radius 2 is 1.90 bits per heavy atom. The molecule has 1 N–H and O–H groups in total. The Hall–Kier alpha value is -3.18. The van der Waals surface area contributed by atoms with Crippen LogP contribution < -0.4 is 10.2 Å². The molecule has 1 aliphatic heterocycles. The first kappa shape index (κ1) is 22.1. The third-order valence-electron chi connectivity index (χ3n) is 3.92. The van der Waals surface area contributed by atoms with Crippen LogP contribution in [0.15, 0.2) is 6.33 Å². The number of piperazine rings is 1. The molecule has 0 spiro atoms. The Morgan fingerprint density at radius 1 is 1.24 bits per heavy atom. The van der Waals surface area contributed by atoms with E-state index in [1.54, 1.807) is 37.5 Å². The van der Waals surface area contributed by atoms with Crippen molar-refractivity contribution in [3.8, 4) is 0 Å². The average molecular weight is 410 g/mol. The van der Waals surface area contributed by atoms with Crippen molar-refractivity contribution in [2.75, 3.05) is 49.5 Å². The Morgan fingerprint density at radius 3 is 2.45 bits per heavy atom. The van der Waals surface area contributed by atoms with Gasteiger partial charge in [-0.3, -0.25) is 14.9 Å². The van der Waals surface area contributed by atoms with Crippen molar-refractivity contribution in [2.45, 2.75) is 33.3 Å². The van der Waals surface area contributed by atoms with Crippen LogP contribution in [0.5, 0.6) is 0 Å². The predicted octanol–water partition coefficient (Wildman–Crippen LogP) is 1.42. The first-order valence-electron chi connectivity index (χ1n) is 9.24. The van der Waals surface area contributed by atoms with Gasteiger partial charge in [0.05, 0.1) is 11.5 Å². The number of anilines is 2. The Kier molecular flexibility index (Phi) is 7.13. The number of amides is 1. The van der Waals surface area contributed by atoms with Crippen molar-refractivity contribution in [3.05, 3.63) is 16.4 Å². The van der Waals surface area contributed by atoms with E-state index in [9.17, 15) is 19.7 Å². The smallest absolute Gasteiger partial charge is 0.410 e. The summed E-state index contributed by atoms with van der Waals surface area (Å²) in [6.45, 7) is 8.34. The van der Waals surface area contributed by atoms with Crippen molar-refractivity contribution in [3.63, 3.8) is 0 Å². The summed E-state index contributed by atoms with van der Waals surface area (Å²) in [7, 11) is 0. The molecular weight excluding hydrogens is 384 g/mol. The van der Waals surface area contributed by atoms with Crippen LogP contribution in [-0.4, -0.2) is 76.8 Å². The molecule has 12 nitrogen and oxygen atoms in total. The maximum Gasteiger partial charge on any atom is 0.410 e. The summed E-state index contributed by atoms with van der Waals surface area (Å²) in [5.74, 6) is -0.490. The monoisotopic (exact) mass is 410 g/mol. The largest absolute Gasteiger partial charge is 0.465 e. The summed E-state index contributed by atoms with van der Waals surface area (Å²) >= 11 is 0. The topological polar surface area (TPSA) is 140 Å². The van der Waals surface area contributed by atoms with Crippen molar-refractivity contribution >= 4 is 29.4 Å². The van der Waals surface area contributed by atoms with E-state index in [2.05, 4.69) is 15.3 Å². The summed E-state index contributed by atoms with van der Waals surface area (Å²) in [6.07, 6.45) is 0.766. The molecule has 1 fully saturated rings. The molecule has 12 heteroatoms. The SMILES string of the molecule is CCOC(=O)CNc1ncnc(N2CCN(C(=O)OC(C)(C)C)CC2)c1[N+](=O)[O-]. The molecule has 160 valence electrons. The minimum absolute atomic E-state index is 0.0670. The van der Waals surface area contributed by atoms with Gasteiger partial charge in [0.2, 0.25) is 11.6 Å². The minimum atomic E-state index is -0.598. The lowest BCUT2D eigenvalue weighted by molar-refractivity contribution is -0.383. The number of nitrogens with one attached hydrogen (secondary N) is 1. The van der Waals surface area contributed by atoms with Gasteiger partial charge in [-0.25, -0.2) is 14.8 Å². The number of nitrogens with zero attached hydrogens (tertiary/aromatic N) is 5. The van der Waals surface area contributed by atoms with Crippen LogP contribution in [0.25, 0.3) is 0 Å². The number of hydrogen-bond acceptors (Lipinski definition) is 10. The second kappa shape index (κ2) is 9.34. The van der Waals surface area contributed by atoms with Crippen LogP contribution in [0.1, 0.15) is 27.7 Å². The van der Waals surface area contributed by atoms with Crippen LogP contribution >= 0.6 is 0 Å². The van der Waals surface area contributed by atoms with Crippen LogP contribution in [0.4, 0.5) is 22.1 Å². The molecule has 1 aliphatic rings. The third-order valence-corrected chi connectivity index (χ3v) is 3.92. The second-order valence-electron chi connectivity index (χ2n) is 7.26. The number of rotatable bonds is 6. The van der Waals surface area contributed by atoms with E-state index < -0.39 is 22.6 Å². The minimum Gasteiger partial charge on any atom is -0.465 e. The van der Waals surface area contributed by atoms with E-state index in [1.807, 2.05) is 0 Å². The highest BCUT2D eigenvalue weighted by molar-refractivity contribution is 5.78. The lowest BCUT2D eigenvalue weighted by atomic mass is 10.2. The first-order valence-corrected chi connectivity index (χ1v) is 9.24. The molecule has 0 bridgehead atoms. The predicted molar refractivity (Wildman–Crippen MR) is 104 cm³/mol. The number of carbonyl (C=O) groups is 2. The Balaban J connectivity index is 2.11. The normalized spacial score (nSPS) is 14.3. The number of esters is 1. The van der Waals surface area contributed by atoms with Gasteiger partial charge in [0.1, 0.15) is 18.5 Å². The summed E-state index contributed by atoms with van der Waals surface area (Å²) in [4.78, 5) is 46.0. The highest BCUT2D eigenvalue weighted by Crippen LogP contribution is 2.32. The first-order chi connectivity index (χ1) is 13.6. The van der Waals surface area contributed by atoms with Crippen molar-refractivity contribution in [1.82, 2.24) is 14.9 Å². The molecule has 0 aromatic carbocycles. The summed E-state index contributed by atoms with van der Waals surface area (Å²) < 4.78 is 10.2. The zero-order chi connectivity index (χ0) is 21.6. The molecule has 0 aliphatic carbocycles. The van der Waals surface area contributed by atoms with E-state index in [-0.39, 0.29) is 30.5 Å². The molecule has 2 rings (SSSR count). The fourth-order valence-electron chi connectivity index (χ4n) is 2.69. The molecule has 1 saturated heterocycles. The molecular formula is C17H26N6O6. The Labute approximate surface area is 168 Å². The van der Waals surface area contributed by atoms with E-state index in [1.165, 1.54) is 6.33 Å². The number of carbonyl (C=O) groups excluding carboxylic acids is 2. The molecule has 0 unspecified atom stereocenters. The van der Waals surface area contributed by atoms with E-state index in [0.29, 0.717) is 26.2 Å². The van der Waals surface area contributed by atoms with Gasteiger partial charge < -0.3 is 24.6 Å². The maximum atomic E-state index is 12.2.